The van der Waals surface area contributed by atoms with Crippen LogP contribution in [-0.2, 0) is 6.54 Å². The first-order valence-electron chi connectivity index (χ1n) is 5.52. The van der Waals surface area contributed by atoms with Crippen molar-refractivity contribution >= 4 is 0 Å². The molecule has 1 aromatic rings. The Morgan fingerprint density at radius 3 is 3.07 bits per heavy atom. The van der Waals surface area contributed by atoms with Gasteiger partial charge in [-0.15, -0.1) is 0 Å². The largest absolute Gasteiger partial charge is 0.309 e. The van der Waals surface area contributed by atoms with Crippen molar-refractivity contribution in [1.29, 1.82) is 0 Å². The number of rotatable bonds is 2. The molecular formula is C12H19N3. The van der Waals surface area contributed by atoms with Crippen LogP contribution in [0.1, 0.15) is 19.4 Å². The highest BCUT2D eigenvalue weighted by atomic mass is 15.2. The van der Waals surface area contributed by atoms with Crippen molar-refractivity contribution in [3.05, 3.63) is 30.1 Å². The van der Waals surface area contributed by atoms with Crippen LogP contribution in [0.3, 0.4) is 0 Å². The van der Waals surface area contributed by atoms with E-state index in [2.05, 4.69) is 35.1 Å². The Balaban J connectivity index is 1.95. The standard InChI is InChI=1S/C12H19N3/c1-12(2)10-15(7-6-14-12)9-11-4-3-5-13-8-11/h3-5,8,14H,6-7,9-10H2,1-2H3. The predicted octanol–water partition coefficient (Wildman–Crippen LogP) is 1.27. The molecule has 0 atom stereocenters. The SMILES string of the molecule is CC1(C)CN(Cc2cccnc2)CCN1. The Labute approximate surface area is 91.5 Å². The Kier molecular flexibility index (Phi) is 3.03. The van der Waals surface area contributed by atoms with Crippen LogP contribution in [0, 0.1) is 0 Å². The van der Waals surface area contributed by atoms with Gasteiger partial charge in [0, 0.05) is 44.1 Å². The van der Waals surface area contributed by atoms with Crippen LogP contribution >= 0.6 is 0 Å². The average molecular weight is 205 g/mol. The minimum atomic E-state index is 0.237. The molecule has 2 rings (SSSR count). The van der Waals surface area contributed by atoms with E-state index < -0.39 is 0 Å². The summed E-state index contributed by atoms with van der Waals surface area (Å²) in [5.74, 6) is 0. The lowest BCUT2D eigenvalue weighted by molar-refractivity contribution is 0.148. The lowest BCUT2D eigenvalue weighted by Gasteiger charge is -2.39. The molecule has 15 heavy (non-hydrogen) atoms. The van der Waals surface area contributed by atoms with E-state index in [4.69, 9.17) is 0 Å². The van der Waals surface area contributed by atoms with E-state index in [9.17, 15) is 0 Å². The van der Waals surface area contributed by atoms with Gasteiger partial charge in [0.2, 0.25) is 0 Å². The third-order valence-corrected chi connectivity index (χ3v) is 2.78. The van der Waals surface area contributed by atoms with E-state index in [0.29, 0.717) is 0 Å². The van der Waals surface area contributed by atoms with Crippen LogP contribution in [0.5, 0.6) is 0 Å². The first-order valence-corrected chi connectivity index (χ1v) is 5.52. The third-order valence-electron chi connectivity index (χ3n) is 2.78. The second kappa shape index (κ2) is 4.29. The molecule has 0 saturated carbocycles. The van der Waals surface area contributed by atoms with Crippen LogP contribution < -0.4 is 5.32 Å². The molecule has 1 fully saturated rings. The van der Waals surface area contributed by atoms with Gasteiger partial charge < -0.3 is 5.32 Å². The summed E-state index contributed by atoms with van der Waals surface area (Å²) in [6.45, 7) is 8.82. The van der Waals surface area contributed by atoms with E-state index >= 15 is 0 Å². The fourth-order valence-electron chi connectivity index (χ4n) is 2.13. The third kappa shape index (κ3) is 3.01. The molecule has 1 aliphatic heterocycles. The van der Waals surface area contributed by atoms with Crippen molar-refractivity contribution in [2.24, 2.45) is 0 Å². The van der Waals surface area contributed by atoms with Crippen molar-refractivity contribution in [3.63, 3.8) is 0 Å². The van der Waals surface area contributed by atoms with Gasteiger partial charge in [-0.25, -0.2) is 0 Å². The Bertz CT molecular complexity index is 308. The van der Waals surface area contributed by atoms with Crippen LogP contribution in [0.15, 0.2) is 24.5 Å². The van der Waals surface area contributed by atoms with E-state index in [1.807, 2.05) is 18.5 Å². The number of piperazine rings is 1. The Morgan fingerprint density at radius 1 is 1.53 bits per heavy atom. The van der Waals surface area contributed by atoms with E-state index in [0.717, 1.165) is 26.2 Å². The van der Waals surface area contributed by atoms with Crippen LogP contribution in [0.4, 0.5) is 0 Å². The Hall–Kier alpha value is -0.930. The lowest BCUT2D eigenvalue weighted by atomic mass is 10.0. The molecule has 3 heteroatoms. The highest BCUT2D eigenvalue weighted by Crippen LogP contribution is 2.12. The number of pyridine rings is 1. The van der Waals surface area contributed by atoms with E-state index in [1.165, 1.54) is 5.56 Å². The van der Waals surface area contributed by atoms with Crippen molar-refractivity contribution in [2.45, 2.75) is 25.9 Å². The smallest absolute Gasteiger partial charge is 0.0312 e. The summed E-state index contributed by atoms with van der Waals surface area (Å²) in [6, 6.07) is 4.14. The summed E-state index contributed by atoms with van der Waals surface area (Å²) in [4.78, 5) is 6.62. The fraction of sp³-hybridized carbons (Fsp3) is 0.583. The summed E-state index contributed by atoms with van der Waals surface area (Å²) in [7, 11) is 0. The van der Waals surface area contributed by atoms with Crippen LogP contribution in [-0.4, -0.2) is 35.1 Å². The zero-order valence-electron chi connectivity index (χ0n) is 9.53. The Morgan fingerprint density at radius 2 is 2.40 bits per heavy atom. The van der Waals surface area contributed by atoms with Crippen LogP contribution in [0.25, 0.3) is 0 Å². The average Bonchev–Trinajstić information content (AvgIpc) is 2.17. The molecule has 2 heterocycles. The van der Waals surface area contributed by atoms with Crippen molar-refractivity contribution in [2.75, 3.05) is 19.6 Å². The maximum absolute atomic E-state index is 4.14. The second-order valence-corrected chi connectivity index (χ2v) is 4.88. The maximum atomic E-state index is 4.14. The number of hydrogen-bond donors (Lipinski definition) is 1. The second-order valence-electron chi connectivity index (χ2n) is 4.88. The normalized spacial score (nSPS) is 21.5. The minimum Gasteiger partial charge on any atom is -0.309 e. The van der Waals surface area contributed by atoms with Gasteiger partial charge in [-0.3, -0.25) is 9.88 Å². The van der Waals surface area contributed by atoms with Gasteiger partial charge in [0.25, 0.3) is 0 Å². The number of nitrogens with one attached hydrogen (secondary N) is 1. The molecule has 1 aliphatic rings. The fourth-order valence-corrected chi connectivity index (χ4v) is 2.13. The van der Waals surface area contributed by atoms with Gasteiger partial charge in [-0.1, -0.05) is 6.07 Å². The molecule has 1 saturated heterocycles. The van der Waals surface area contributed by atoms with Crippen molar-refractivity contribution < 1.29 is 0 Å². The van der Waals surface area contributed by atoms with Crippen LogP contribution in [0.2, 0.25) is 0 Å². The summed E-state index contributed by atoms with van der Waals surface area (Å²) in [5, 5.41) is 3.52. The molecule has 0 aliphatic carbocycles. The molecule has 82 valence electrons. The first-order chi connectivity index (χ1) is 7.16. The summed E-state index contributed by atoms with van der Waals surface area (Å²) >= 11 is 0. The number of hydrogen-bond acceptors (Lipinski definition) is 3. The molecule has 0 radical (unpaired) electrons. The quantitative estimate of drug-likeness (QED) is 0.788. The molecule has 0 unspecified atom stereocenters. The first kappa shape index (κ1) is 10.6. The van der Waals surface area contributed by atoms with E-state index in [1.54, 1.807) is 0 Å². The zero-order valence-corrected chi connectivity index (χ0v) is 9.53. The monoisotopic (exact) mass is 205 g/mol. The number of nitrogens with zero attached hydrogens (tertiary/aromatic N) is 2. The molecule has 0 aromatic carbocycles. The highest BCUT2D eigenvalue weighted by molar-refractivity contribution is 5.08. The van der Waals surface area contributed by atoms with Crippen molar-refractivity contribution in [1.82, 2.24) is 15.2 Å². The molecular weight excluding hydrogens is 186 g/mol. The maximum Gasteiger partial charge on any atom is 0.0312 e. The molecule has 0 amide bonds. The molecule has 1 aromatic heterocycles. The lowest BCUT2D eigenvalue weighted by Crippen LogP contribution is -2.56. The molecule has 3 nitrogen and oxygen atoms in total. The van der Waals surface area contributed by atoms with Crippen molar-refractivity contribution in [3.8, 4) is 0 Å². The van der Waals surface area contributed by atoms with Gasteiger partial charge in [-0.2, -0.15) is 0 Å². The van der Waals surface area contributed by atoms with Gasteiger partial charge in [0.1, 0.15) is 0 Å². The number of aromatic nitrogens is 1. The zero-order chi connectivity index (χ0) is 10.7. The predicted molar refractivity (Wildman–Crippen MR) is 61.6 cm³/mol. The van der Waals surface area contributed by atoms with Gasteiger partial charge >= 0.3 is 0 Å². The molecule has 0 spiro atoms. The molecule has 1 N–H and O–H groups in total. The summed E-state index contributed by atoms with van der Waals surface area (Å²) in [5.41, 5.74) is 1.54. The van der Waals surface area contributed by atoms with Gasteiger partial charge in [0.15, 0.2) is 0 Å². The summed E-state index contributed by atoms with van der Waals surface area (Å²) in [6.07, 6.45) is 3.78. The van der Waals surface area contributed by atoms with Gasteiger partial charge in [-0.05, 0) is 25.5 Å². The topological polar surface area (TPSA) is 28.2 Å². The minimum absolute atomic E-state index is 0.237. The summed E-state index contributed by atoms with van der Waals surface area (Å²) < 4.78 is 0. The molecule has 0 bridgehead atoms. The van der Waals surface area contributed by atoms with Gasteiger partial charge in [0.05, 0.1) is 0 Å². The van der Waals surface area contributed by atoms with E-state index in [-0.39, 0.29) is 5.54 Å². The highest BCUT2D eigenvalue weighted by Gasteiger charge is 2.25.